The molecule has 0 spiro atoms. The lowest BCUT2D eigenvalue weighted by Gasteiger charge is -2.36. The normalized spacial score (nSPS) is 18.3. The van der Waals surface area contributed by atoms with E-state index in [2.05, 4.69) is 10.3 Å². The van der Waals surface area contributed by atoms with Crippen LogP contribution in [0.25, 0.3) is 0 Å². The quantitative estimate of drug-likeness (QED) is 0.858. The lowest BCUT2D eigenvalue weighted by molar-refractivity contribution is 0.0879. The molecule has 3 nitrogen and oxygen atoms in total. The average Bonchev–Trinajstić information content (AvgIpc) is 2.40. The van der Waals surface area contributed by atoms with Crippen molar-refractivity contribution in [2.24, 2.45) is 0 Å². The van der Waals surface area contributed by atoms with Gasteiger partial charge in [-0.25, -0.2) is 9.37 Å². The Hall–Kier alpha value is -1.16. The van der Waals surface area contributed by atoms with Crippen LogP contribution in [0, 0.1) is 5.82 Å². The summed E-state index contributed by atoms with van der Waals surface area (Å²) in [6.07, 6.45) is 6.16. The van der Waals surface area contributed by atoms with Crippen molar-refractivity contribution in [1.82, 2.24) is 10.3 Å². The Morgan fingerprint density at radius 2 is 2.11 bits per heavy atom. The van der Waals surface area contributed by atoms with Crippen molar-refractivity contribution in [3.63, 3.8) is 0 Å². The molecule has 5 heteroatoms. The van der Waals surface area contributed by atoms with Crippen LogP contribution in [0.5, 0.6) is 0 Å². The monoisotopic (exact) mass is 270 g/mol. The van der Waals surface area contributed by atoms with Crippen molar-refractivity contribution >= 4 is 17.5 Å². The summed E-state index contributed by atoms with van der Waals surface area (Å²) in [7, 11) is 0. The van der Waals surface area contributed by atoms with E-state index >= 15 is 0 Å². The van der Waals surface area contributed by atoms with Crippen molar-refractivity contribution in [2.75, 3.05) is 5.88 Å². The van der Waals surface area contributed by atoms with Crippen molar-refractivity contribution < 1.29 is 9.18 Å². The number of halogens is 2. The minimum absolute atomic E-state index is 0.228. The summed E-state index contributed by atoms with van der Waals surface area (Å²) in [5.74, 6) is -0.325. The number of alkyl halides is 1. The van der Waals surface area contributed by atoms with Gasteiger partial charge in [-0.05, 0) is 25.0 Å². The fourth-order valence-electron chi connectivity index (χ4n) is 2.34. The number of hydrogen-bond acceptors (Lipinski definition) is 2. The number of nitrogens with one attached hydrogen (secondary N) is 1. The fraction of sp³-hybridized carbons (Fsp3) is 0.538. The molecule has 1 aliphatic rings. The Balaban J connectivity index is 2.07. The molecule has 0 aromatic carbocycles. The van der Waals surface area contributed by atoms with Crippen LogP contribution in [-0.2, 0) is 0 Å². The highest BCUT2D eigenvalue weighted by atomic mass is 35.5. The Bertz CT molecular complexity index is 416. The SMILES string of the molecule is O=C(NC1(CCl)CCCCC1)c1ccc(F)cn1. The summed E-state index contributed by atoms with van der Waals surface area (Å²) >= 11 is 6.00. The van der Waals surface area contributed by atoms with Crippen LogP contribution in [-0.4, -0.2) is 22.3 Å². The molecule has 1 aromatic heterocycles. The van der Waals surface area contributed by atoms with Crippen molar-refractivity contribution in [3.8, 4) is 0 Å². The zero-order valence-electron chi connectivity index (χ0n) is 10.1. The molecule has 0 saturated heterocycles. The third kappa shape index (κ3) is 2.99. The number of pyridine rings is 1. The second-order valence-corrected chi connectivity index (χ2v) is 5.06. The predicted octanol–water partition coefficient (Wildman–Crippen LogP) is 2.89. The minimum Gasteiger partial charge on any atom is -0.344 e. The van der Waals surface area contributed by atoms with Gasteiger partial charge < -0.3 is 5.32 Å². The van der Waals surface area contributed by atoms with Crippen LogP contribution in [0.15, 0.2) is 18.3 Å². The third-order valence-electron chi connectivity index (χ3n) is 3.41. The molecule has 2 rings (SSSR count). The van der Waals surface area contributed by atoms with Crippen LogP contribution in [0.2, 0.25) is 0 Å². The molecular weight excluding hydrogens is 255 g/mol. The lowest BCUT2D eigenvalue weighted by atomic mass is 9.83. The summed E-state index contributed by atoms with van der Waals surface area (Å²) in [5, 5.41) is 2.96. The predicted molar refractivity (Wildman–Crippen MR) is 68.2 cm³/mol. The van der Waals surface area contributed by atoms with Crippen molar-refractivity contribution in [2.45, 2.75) is 37.6 Å². The Morgan fingerprint density at radius 3 is 2.67 bits per heavy atom. The van der Waals surface area contributed by atoms with E-state index in [4.69, 9.17) is 11.6 Å². The van der Waals surface area contributed by atoms with E-state index in [9.17, 15) is 9.18 Å². The molecule has 1 amide bonds. The first-order valence-electron chi connectivity index (χ1n) is 6.15. The van der Waals surface area contributed by atoms with Gasteiger partial charge in [-0.15, -0.1) is 11.6 Å². The van der Waals surface area contributed by atoms with Gasteiger partial charge in [0.15, 0.2) is 0 Å². The molecule has 1 N–H and O–H groups in total. The zero-order chi connectivity index (χ0) is 13.0. The molecule has 1 heterocycles. The molecule has 1 aliphatic carbocycles. The highest BCUT2D eigenvalue weighted by molar-refractivity contribution is 6.18. The molecule has 0 unspecified atom stereocenters. The van der Waals surface area contributed by atoms with Crippen molar-refractivity contribution in [1.29, 1.82) is 0 Å². The van der Waals surface area contributed by atoms with Gasteiger partial charge in [0.2, 0.25) is 0 Å². The summed E-state index contributed by atoms with van der Waals surface area (Å²) in [6, 6.07) is 2.62. The topological polar surface area (TPSA) is 42.0 Å². The van der Waals surface area contributed by atoms with E-state index in [0.717, 1.165) is 31.9 Å². The Labute approximate surface area is 111 Å². The molecule has 18 heavy (non-hydrogen) atoms. The Morgan fingerprint density at radius 1 is 1.39 bits per heavy atom. The van der Waals surface area contributed by atoms with E-state index in [1.165, 1.54) is 18.6 Å². The largest absolute Gasteiger partial charge is 0.344 e. The van der Waals surface area contributed by atoms with Crippen LogP contribution in [0.1, 0.15) is 42.6 Å². The van der Waals surface area contributed by atoms with Crippen LogP contribution >= 0.6 is 11.6 Å². The number of amides is 1. The molecule has 0 aliphatic heterocycles. The molecule has 1 aromatic rings. The van der Waals surface area contributed by atoms with E-state index in [1.54, 1.807) is 0 Å². The number of aromatic nitrogens is 1. The zero-order valence-corrected chi connectivity index (χ0v) is 10.8. The van der Waals surface area contributed by atoms with Gasteiger partial charge in [0.25, 0.3) is 5.91 Å². The molecule has 98 valence electrons. The third-order valence-corrected chi connectivity index (χ3v) is 3.92. The maximum Gasteiger partial charge on any atom is 0.270 e. The molecule has 1 saturated carbocycles. The molecule has 0 bridgehead atoms. The average molecular weight is 271 g/mol. The maximum atomic E-state index is 12.7. The smallest absolute Gasteiger partial charge is 0.270 e. The van der Waals surface area contributed by atoms with Crippen LogP contribution < -0.4 is 5.32 Å². The summed E-state index contributed by atoms with van der Waals surface area (Å²) in [4.78, 5) is 15.8. The second kappa shape index (κ2) is 5.65. The summed E-state index contributed by atoms with van der Waals surface area (Å²) in [6.45, 7) is 0. The fourth-order valence-corrected chi connectivity index (χ4v) is 2.67. The van der Waals surface area contributed by atoms with Gasteiger partial charge in [0, 0.05) is 5.88 Å². The van der Waals surface area contributed by atoms with Crippen LogP contribution in [0.4, 0.5) is 4.39 Å². The minimum atomic E-state index is -0.448. The summed E-state index contributed by atoms with van der Waals surface area (Å²) in [5.41, 5.74) is -0.0982. The Kier molecular flexibility index (Phi) is 4.17. The lowest BCUT2D eigenvalue weighted by Crippen LogP contribution is -2.51. The standard InChI is InChI=1S/C13H16ClFN2O/c14-9-13(6-2-1-3-7-13)17-12(18)11-5-4-10(15)8-16-11/h4-5,8H,1-3,6-7,9H2,(H,17,18). The molecular formula is C13H16ClFN2O. The van der Waals surface area contributed by atoms with Gasteiger partial charge in [0.05, 0.1) is 11.7 Å². The number of carbonyl (C=O) groups excluding carboxylic acids is 1. The van der Waals surface area contributed by atoms with Gasteiger partial charge in [-0.1, -0.05) is 19.3 Å². The first-order valence-corrected chi connectivity index (χ1v) is 6.69. The van der Waals surface area contributed by atoms with E-state index in [0.29, 0.717) is 5.88 Å². The van der Waals surface area contributed by atoms with Gasteiger partial charge >= 0.3 is 0 Å². The maximum absolute atomic E-state index is 12.7. The first kappa shape index (κ1) is 13.3. The van der Waals surface area contributed by atoms with Gasteiger partial charge in [0.1, 0.15) is 11.5 Å². The number of hydrogen-bond donors (Lipinski definition) is 1. The van der Waals surface area contributed by atoms with E-state index < -0.39 is 5.82 Å². The molecule has 0 radical (unpaired) electrons. The van der Waals surface area contributed by atoms with Crippen LogP contribution in [0.3, 0.4) is 0 Å². The van der Waals surface area contributed by atoms with E-state index in [-0.39, 0.29) is 17.1 Å². The van der Waals surface area contributed by atoms with Crippen molar-refractivity contribution in [3.05, 3.63) is 29.8 Å². The molecule has 1 fully saturated rings. The molecule has 0 atom stereocenters. The number of carbonyl (C=O) groups is 1. The summed E-state index contributed by atoms with van der Waals surface area (Å²) < 4.78 is 12.7. The second-order valence-electron chi connectivity index (χ2n) is 4.79. The number of nitrogens with zero attached hydrogens (tertiary/aromatic N) is 1. The van der Waals surface area contributed by atoms with E-state index in [1.807, 2.05) is 0 Å². The highest BCUT2D eigenvalue weighted by Crippen LogP contribution is 2.29. The number of rotatable bonds is 3. The van der Waals surface area contributed by atoms with Gasteiger partial charge in [-0.2, -0.15) is 0 Å². The van der Waals surface area contributed by atoms with Gasteiger partial charge in [-0.3, -0.25) is 4.79 Å². The highest BCUT2D eigenvalue weighted by Gasteiger charge is 2.33. The first-order chi connectivity index (χ1) is 8.65.